The lowest BCUT2D eigenvalue weighted by molar-refractivity contribution is 0.146. The van der Waals surface area contributed by atoms with Crippen LogP contribution in [0.2, 0.25) is 0 Å². The lowest BCUT2D eigenvalue weighted by atomic mass is 10.2. The Balaban J connectivity index is 1.26. The number of aryl methyl sites for hydroxylation is 1. The molecule has 3 heterocycles. The maximum Gasteiger partial charge on any atom is 0.121 e. The summed E-state index contributed by atoms with van der Waals surface area (Å²) in [7, 11) is 4.20. The molecule has 1 aliphatic rings. The lowest BCUT2D eigenvalue weighted by Crippen LogP contribution is -2.44. The summed E-state index contributed by atoms with van der Waals surface area (Å²) in [4.78, 5) is 17.6. The number of H-pyrrole nitrogens is 1. The van der Waals surface area contributed by atoms with Crippen molar-refractivity contribution in [3.63, 3.8) is 0 Å². The second-order valence-corrected chi connectivity index (χ2v) is 8.03. The normalized spacial score (nSPS) is 16.1. The molecule has 29 heavy (non-hydrogen) atoms. The first kappa shape index (κ1) is 18.1. The zero-order valence-corrected chi connectivity index (χ0v) is 17.0. The Bertz CT molecular complexity index is 1130. The van der Waals surface area contributed by atoms with Crippen LogP contribution in [0.15, 0.2) is 42.7 Å². The molecule has 4 aromatic rings. The van der Waals surface area contributed by atoms with Gasteiger partial charge in [-0.25, -0.2) is 9.97 Å². The average molecular weight is 390 g/mol. The summed E-state index contributed by atoms with van der Waals surface area (Å²) in [5.41, 5.74) is 6.60. The van der Waals surface area contributed by atoms with Gasteiger partial charge in [0, 0.05) is 45.5 Å². The van der Waals surface area contributed by atoms with E-state index < -0.39 is 0 Å². The summed E-state index contributed by atoms with van der Waals surface area (Å²) >= 11 is 0. The Kier molecular flexibility index (Phi) is 4.69. The summed E-state index contributed by atoms with van der Waals surface area (Å²) in [5, 5.41) is 3.52. The maximum atomic E-state index is 4.77. The molecular formula is C22H27N7. The van der Waals surface area contributed by atoms with Gasteiger partial charge in [0.1, 0.15) is 5.82 Å². The van der Waals surface area contributed by atoms with E-state index >= 15 is 0 Å². The number of aromatic amines is 1. The minimum absolute atomic E-state index is 0.764. The SMILES string of the molecule is CN1CCN(Cc2nc3ccc(NCc4ccc5c(c4)ncn5C)cc3[nH]2)CC1. The molecule has 7 heteroatoms. The smallest absolute Gasteiger partial charge is 0.121 e. The van der Waals surface area contributed by atoms with Gasteiger partial charge in [-0.3, -0.25) is 4.90 Å². The number of rotatable bonds is 5. The fraction of sp³-hybridized carbons (Fsp3) is 0.364. The molecule has 0 radical (unpaired) electrons. The molecule has 2 aromatic carbocycles. The molecular weight excluding hydrogens is 362 g/mol. The number of fused-ring (bicyclic) bond motifs is 2. The first-order chi connectivity index (χ1) is 14.1. The highest BCUT2D eigenvalue weighted by atomic mass is 15.3. The Morgan fingerprint density at radius 1 is 1.00 bits per heavy atom. The van der Waals surface area contributed by atoms with E-state index in [-0.39, 0.29) is 0 Å². The van der Waals surface area contributed by atoms with Crippen molar-refractivity contribution in [1.82, 2.24) is 29.3 Å². The minimum atomic E-state index is 0.764. The summed E-state index contributed by atoms with van der Waals surface area (Å²) < 4.78 is 2.04. The van der Waals surface area contributed by atoms with Gasteiger partial charge in [-0.05, 0) is 42.9 Å². The van der Waals surface area contributed by atoms with Crippen molar-refractivity contribution in [3.05, 3.63) is 54.1 Å². The van der Waals surface area contributed by atoms with Crippen LogP contribution < -0.4 is 5.32 Å². The van der Waals surface area contributed by atoms with Gasteiger partial charge in [-0.15, -0.1) is 0 Å². The molecule has 0 aliphatic carbocycles. The van der Waals surface area contributed by atoms with E-state index in [4.69, 9.17) is 4.98 Å². The van der Waals surface area contributed by atoms with Crippen LogP contribution in [0.4, 0.5) is 5.69 Å². The van der Waals surface area contributed by atoms with Crippen LogP contribution in [0.5, 0.6) is 0 Å². The highest BCUT2D eigenvalue weighted by Gasteiger charge is 2.15. The number of nitrogens with one attached hydrogen (secondary N) is 2. The van der Waals surface area contributed by atoms with E-state index in [1.165, 1.54) is 5.56 Å². The predicted octanol–water partition coefficient (Wildman–Crippen LogP) is 2.81. The molecule has 2 N–H and O–H groups in total. The van der Waals surface area contributed by atoms with E-state index in [1.54, 1.807) is 0 Å². The van der Waals surface area contributed by atoms with E-state index in [9.17, 15) is 0 Å². The van der Waals surface area contributed by atoms with Crippen molar-refractivity contribution in [2.24, 2.45) is 7.05 Å². The van der Waals surface area contributed by atoms with Crippen LogP contribution in [0.1, 0.15) is 11.4 Å². The Morgan fingerprint density at radius 2 is 1.86 bits per heavy atom. The fourth-order valence-electron chi connectivity index (χ4n) is 3.96. The summed E-state index contributed by atoms with van der Waals surface area (Å²) in [6.07, 6.45) is 1.85. The molecule has 0 spiro atoms. The Labute approximate surface area is 170 Å². The van der Waals surface area contributed by atoms with Gasteiger partial charge in [0.05, 0.1) is 34.9 Å². The van der Waals surface area contributed by atoms with Crippen LogP contribution in [0.3, 0.4) is 0 Å². The number of anilines is 1. The monoisotopic (exact) mass is 389 g/mol. The minimum Gasteiger partial charge on any atom is -0.381 e. The Morgan fingerprint density at radius 3 is 2.72 bits per heavy atom. The summed E-state index contributed by atoms with van der Waals surface area (Å²) in [5.74, 6) is 1.04. The van der Waals surface area contributed by atoms with E-state index in [0.29, 0.717) is 0 Å². The number of likely N-dealkylation sites (N-methyl/N-ethyl adjacent to an activating group) is 1. The highest BCUT2D eigenvalue weighted by molar-refractivity contribution is 5.79. The zero-order chi connectivity index (χ0) is 19.8. The van der Waals surface area contributed by atoms with Gasteiger partial charge in [-0.2, -0.15) is 0 Å². The van der Waals surface area contributed by atoms with Crippen molar-refractivity contribution in [2.75, 3.05) is 38.5 Å². The molecule has 1 aliphatic heterocycles. The molecule has 0 atom stereocenters. The third-order valence-corrected chi connectivity index (χ3v) is 5.79. The quantitative estimate of drug-likeness (QED) is 0.550. The zero-order valence-electron chi connectivity index (χ0n) is 17.0. The van der Waals surface area contributed by atoms with Crippen LogP contribution in [-0.2, 0) is 20.1 Å². The number of aromatic nitrogens is 4. The number of piperazine rings is 1. The molecule has 7 nitrogen and oxygen atoms in total. The predicted molar refractivity (Wildman–Crippen MR) is 117 cm³/mol. The van der Waals surface area contributed by atoms with Crippen LogP contribution in [-0.4, -0.2) is 62.5 Å². The molecule has 150 valence electrons. The van der Waals surface area contributed by atoms with E-state index in [0.717, 1.165) is 72.8 Å². The summed E-state index contributed by atoms with van der Waals surface area (Å²) in [6.45, 7) is 6.09. The van der Waals surface area contributed by atoms with Crippen molar-refractivity contribution in [1.29, 1.82) is 0 Å². The number of imidazole rings is 2. The molecule has 0 unspecified atom stereocenters. The number of hydrogen-bond acceptors (Lipinski definition) is 5. The van der Waals surface area contributed by atoms with Gasteiger partial charge >= 0.3 is 0 Å². The van der Waals surface area contributed by atoms with Gasteiger partial charge in [-0.1, -0.05) is 6.07 Å². The van der Waals surface area contributed by atoms with Crippen LogP contribution in [0, 0.1) is 0 Å². The molecule has 1 saturated heterocycles. The van der Waals surface area contributed by atoms with E-state index in [1.807, 2.05) is 17.9 Å². The fourth-order valence-corrected chi connectivity index (χ4v) is 3.96. The second kappa shape index (κ2) is 7.50. The van der Waals surface area contributed by atoms with Crippen molar-refractivity contribution in [2.45, 2.75) is 13.1 Å². The van der Waals surface area contributed by atoms with Crippen LogP contribution >= 0.6 is 0 Å². The van der Waals surface area contributed by atoms with Gasteiger partial charge in [0.15, 0.2) is 0 Å². The molecule has 0 bridgehead atoms. The lowest BCUT2D eigenvalue weighted by Gasteiger charge is -2.31. The standard InChI is InChI=1S/C22H27N7/c1-27-7-9-29(10-8-27)14-22-25-18-5-4-17(12-19(18)26-22)23-13-16-3-6-21-20(11-16)24-15-28(21)2/h3-6,11-12,15,23H,7-10,13-14H2,1-2H3,(H,25,26). The van der Waals surface area contributed by atoms with Gasteiger partial charge in [0.25, 0.3) is 0 Å². The number of benzene rings is 2. The van der Waals surface area contributed by atoms with Gasteiger partial charge in [0.2, 0.25) is 0 Å². The maximum absolute atomic E-state index is 4.77. The second-order valence-electron chi connectivity index (χ2n) is 8.03. The summed E-state index contributed by atoms with van der Waals surface area (Å²) in [6, 6.07) is 12.8. The van der Waals surface area contributed by atoms with E-state index in [2.05, 4.69) is 68.5 Å². The number of hydrogen-bond donors (Lipinski definition) is 2. The molecule has 1 fully saturated rings. The highest BCUT2D eigenvalue weighted by Crippen LogP contribution is 2.20. The average Bonchev–Trinajstić information content (AvgIpc) is 3.30. The van der Waals surface area contributed by atoms with Gasteiger partial charge < -0.3 is 19.8 Å². The number of nitrogens with zero attached hydrogens (tertiary/aromatic N) is 5. The largest absolute Gasteiger partial charge is 0.381 e. The van der Waals surface area contributed by atoms with Crippen molar-refractivity contribution < 1.29 is 0 Å². The third kappa shape index (κ3) is 3.83. The molecule has 0 amide bonds. The van der Waals surface area contributed by atoms with Crippen molar-refractivity contribution >= 4 is 27.8 Å². The van der Waals surface area contributed by atoms with Crippen molar-refractivity contribution in [3.8, 4) is 0 Å². The molecule has 0 saturated carbocycles. The third-order valence-electron chi connectivity index (χ3n) is 5.79. The molecule has 5 rings (SSSR count). The first-order valence-electron chi connectivity index (χ1n) is 10.2. The van der Waals surface area contributed by atoms with Crippen LogP contribution in [0.25, 0.3) is 22.1 Å². The Hall–Kier alpha value is -2.90. The molecule has 2 aromatic heterocycles. The first-order valence-corrected chi connectivity index (χ1v) is 10.2. The topological polar surface area (TPSA) is 65.0 Å².